The van der Waals surface area contributed by atoms with Gasteiger partial charge in [-0.1, -0.05) is 12.1 Å². The number of methoxy groups -OCH3 is 1. The van der Waals surface area contributed by atoms with Crippen LogP contribution >= 0.6 is 0 Å². The molecular formula is C12H12N3O2. The Balaban J connectivity index is 2.11. The molecule has 2 N–H and O–H groups in total. The van der Waals surface area contributed by atoms with Gasteiger partial charge in [0.05, 0.1) is 13.7 Å². The van der Waals surface area contributed by atoms with Crippen molar-refractivity contribution in [2.75, 3.05) is 7.11 Å². The summed E-state index contributed by atoms with van der Waals surface area (Å²) in [5.74, 6) is 0.233. The summed E-state index contributed by atoms with van der Waals surface area (Å²) < 4.78 is 6.68. The molecule has 0 fully saturated rings. The summed E-state index contributed by atoms with van der Waals surface area (Å²) in [5.41, 5.74) is 6.30. The SMILES string of the molecule is COc1ccc(Cn2c[c]c(C(N)=O)n2)cc1. The quantitative estimate of drug-likeness (QED) is 0.846. The summed E-state index contributed by atoms with van der Waals surface area (Å²) in [6, 6.07) is 10.3. The molecule has 5 nitrogen and oxygen atoms in total. The number of rotatable bonds is 4. The molecule has 1 aromatic carbocycles. The highest BCUT2D eigenvalue weighted by Gasteiger charge is 2.05. The van der Waals surface area contributed by atoms with Gasteiger partial charge in [0.1, 0.15) is 5.75 Å². The Kier molecular flexibility index (Phi) is 3.09. The van der Waals surface area contributed by atoms with E-state index in [0.29, 0.717) is 6.54 Å². The number of benzene rings is 1. The second kappa shape index (κ2) is 4.69. The van der Waals surface area contributed by atoms with Crippen LogP contribution < -0.4 is 10.5 Å². The van der Waals surface area contributed by atoms with E-state index in [1.807, 2.05) is 24.3 Å². The van der Waals surface area contributed by atoms with Crippen LogP contribution in [0.2, 0.25) is 0 Å². The van der Waals surface area contributed by atoms with Crippen LogP contribution in [0.3, 0.4) is 0 Å². The lowest BCUT2D eigenvalue weighted by molar-refractivity contribution is 0.0994. The van der Waals surface area contributed by atoms with Crippen LogP contribution in [0.15, 0.2) is 30.5 Å². The third kappa shape index (κ3) is 2.63. The topological polar surface area (TPSA) is 70.1 Å². The molecular weight excluding hydrogens is 218 g/mol. The van der Waals surface area contributed by atoms with E-state index in [2.05, 4.69) is 11.2 Å². The number of aromatic nitrogens is 2. The van der Waals surface area contributed by atoms with Gasteiger partial charge < -0.3 is 10.5 Å². The Bertz CT molecular complexity index is 517. The van der Waals surface area contributed by atoms with E-state index >= 15 is 0 Å². The molecule has 1 radical (unpaired) electrons. The smallest absolute Gasteiger partial charge is 0.269 e. The zero-order valence-corrected chi connectivity index (χ0v) is 9.38. The van der Waals surface area contributed by atoms with Gasteiger partial charge in [-0.3, -0.25) is 9.48 Å². The predicted octanol–water partition coefficient (Wildman–Crippen LogP) is 0.839. The molecule has 0 unspecified atom stereocenters. The van der Waals surface area contributed by atoms with Crippen LogP contribution in [0.5, 0.6) is 5.75 Å². The summed E-state index contributed by atoms with van der Waals surface area (Å²) in [7, 11) is 1.62. The highest BCUT2D eigenvalue weighted by molar-refractivity contribution is 5.90. The summed E-state index contributed by atoms with van der Waals surface area (Å²) >= 11 is 0. The minimum atomic E-state index is -0.571. The molecule has 0 aliphatic heterocycles. The molecule has 0 spiro atoms. The molecule has 1 aromatic heterocycles. The summed E-state index contributed by atoms with van der Waals surface area (Å²) in [6.45, 7) is 0.563. The van der Waals surface area contributed by atoms with Crippen LogP contribution in [-0.4, -0.2) is 22.8 Å². The minimum Gasteiger partial charge on any atom is -0.497 e. The fourth-order valence-corrected chi connectivity index (χ4v) is 1.44. The zero-order chi connectivity index (χ0) is 12.3. The number of carbonyl (C=O) groups excluding carboxylic acids is 1. The van der Waals surface area contributed by atoms with E-state index in [1.165, 1.54) is 0 Å². The average molecular weight is 230 g/mol. The normalized spacial score (nSPS) is 10.2. The summed E-state index contributed by atoms with van der Waals surface area (Å²) in [4.78, 5) is 10.8. The van der Waals surface area contributed by atoms with Crippen molar-refractivity contribution in [1.82, 2.24) is 9.78 Å². The van der Waals surface area contributed by atoms with Gasteiger partial charge >= 0.3 is 0 Å². The molecule has 0 bridgehead atoms. The number of nitrogens with zero attached hydrogens (tertiary/aromatic N) is 2. The maximum absolute atomic E-state index is 10.8. The first-order valence-electron chi connectivity index (χ1n) is 5.07. The van der Waals surface area contributed by atoms with E-state index < -0.39 is 5.91 Å². The lowest BCUT2D eigenvalue weighted by atomic mass is 10.2. The van der Waals surface area contributed by atoms with Crippen molar-refractivity contribution in [3.8, 4) is 5.75 Å². The number of primary amides is 1. The van der Waals surface area contributed by atoms with Gasteiger partial charge in [0.25, 0.3) is 5.91 Å². The van der Waals surface area contributed by atoms with Crippen LogP contribution in [0.1, 0.15) is 16.1 Å². The highest BCUT2D eigenvalue weighted by Crippen LogP contribution is 2.12. The number of carbonyl (C=O) groups is 1. The molecule has 0 saturated heterocycles. The number of nitrogens with two attached hydrogens (primary N) is 1. The second-order valence-corrected chi connectivity index (χ2v) is 3.53. The Morgan fingerprint density at radius 1 is 1.47 bits per heavy atom. The molecule has 2 aromatic rings. The first-order valence-corrected chi connectivity index (χ1v) is 5.07. The maximum atomic E-state index is 10.8. The lowest BCUT2D eigenvalue weighted by Crippen LogP contribution is -2.12. The van der Waals surface area contributed by atoms with E-state index in [0.717, 1.165) is 11.3 Å². The first kappa shape index (κ1) is 11.2. The molecule has 0 saturated carbocycles. The van der Waals surface area contributed by atoms with Crippen molar-refractivity contribution in [3.63, 3.8) is 0 Å². The van der Waals surface area contributed by atoms with E-state index in [-0.39, 0.29) is 5.69 Å². The van der Waals surface area contributed by atoms with Crippen molar-refractivity contribution >= 4 is 5.91 Å². The number of hydrogen-bond donors (Lipinski definition) is 1. The van der Waals surface area contributed by atoms with Crippen LogP contribution in [0.25, 0.3) is 0 Å². The van der Waals surface area contributed by atoms with Gasteiger partial charge in [-0.15, -0.1) is 0 Å². The molecule has 0 aliphatic carbocycles. The van der Waals surface area contributed by atoms with Gasteiger partial charge in [-0.2, -0.15) is 5.10 Å². The number of amides is 1. The largest absolute Gasteiger partial charge is 0.497 e. The Morgan fingerprint density at radius 2 is 2.18 bits per heavy atom. The maximum Gasteiger partial charge on any atom is 0.269 e. The van der Waals surface area contributed by atoms with Crippen molar-refractivity contribution < 1.29 is 9.53 Å². The van der Waals surface area contributed by atoms with E-state index in [4.69, 9.17) is 10.5 Å². The number of ether oxygens (including phenoxy) is 1. The lowest BCUT2D eigenvalue weighted by Gasteiger charge is -2.03. The molecule has 87 valence electrons. The molecule has 5 heteroatoms. The van der Waals surface area contributed by atoms with E-state index in [1.54, 1.807) is 18.0 Å². The Morgan fingerprint density at radius 3 is 2.71 bits per heavy atom. The van der Waals surface area contributed by atoms with Gasteiger partial charge in [-0.25, -0.2) is 0 Å². The van der Waals surface area contributed by atoms with Gasteiger partial charge in [0.15, 0.2) is 5.69 Å². The fourth-order valence-electron chi connectivity index (χ4n) is 1.44. The van der Waals surface area contributed by atoms with Crippen molar-refractivity contribution in [2.45, 2.75) is 6.54 Å². The van der Waals surface area contributed by atoms with Crippen LogP contribution in [-0.2, 0) is 6.54 Å². The Hall–Kier alpha value is -2.30. The van der Waals surface area contributed by atoms with Gasteiger partial charge in [-0.05, 0) is 17.7 Å². The van der Waals surface area contributed by atoms with Gasteiger partial charge in [0.2, 0.25) is 0 Å². The minimum absolute atomic E-state index is 0.151. The van der Waals surface area contributed by atoms with Crippen LogP contribution in [0, 0.1) is 6.07 Å². The van der Waals surface area contributed by atoms with E-state index in [9.17, 15) is 4.79 Å². The van der Waals surface area contributed by atoms with Crippen molar-refractivity contribution in [2.24, 2.45) is 5.73 Å². The van der Waals surface area contributed by atoms with Crippen molar-refractivity contribution in [1.29, 1.82) is 0 Å². The monoisotopic (exact) mass is 230 g/mol. The molecule has 0 aliphatic rings. The summed E-state index contributed by atoms with van der Waals surface area (Å²) in [6.07, 6.45) is 1.60. The predicted molar refractivity (Wildman–Crippen MR) is 61.7 cm³/mol. The van der Waals surface area contributed by atoms with Crippen molar-refractivity contribution in [3.05, 3.63) is 47.8 Å². The van der Waals surface area contributed by atoms with Crippen LogP contribution in [0.4, 0.5) is 0 Å². The fraction of sp³-hybridized carbons (Fsp3) is 0.167. The molecule has 17 heavy (non-hydrogen) atoms. The second-order valence-electron chi connectivity index (χ2n) is 3.53. The molecule has 2 rings (SSSR count). The third-order valence-electron chi connectivity index (χ3n) is 2.32. The average Bonchev–Trinajstić information content (AvgIpc) is 2.79. The first-order chi connectivity index (χ1) is 8.19. The standard InChI is InChI=1S/C12H12N3O2/c1-17-10-4-2-9(3-5-10)8-15-7-6-11(14-15)12(13)16/h2-5,7H,8H2,1H3,(H2,13,16). The molecule has 0 atom stereocenters. The molecule has 1 heterocycles. The third-order valence-corrected chi connectivity index (χ3v) is 2.32. The van der Waals surface area contributed by atoms with Gasteiger partial charge in [0, 0.05) is 12.3 Å². The Labute approximate surface area is 98.8 Å². The highest BCUT2D eigenvalue weighted by atomic mass is 16.5. The number of hydrogen-bond acceptors (Lipinski definition) is 3. The molecule has 1 amide bonds. The zero-order valence-electron chi connectivity index (χ0n) is 9.38. The summed E-state index contributed by atoms with van der Waals surface area (Å²) in [5, 5.41) is 4.00.